The van der Waals surface area contributed by atoms with Crippen molar-refractivity contribution in [2.45, 2.75) is 46.1 Å². The zero-order valence-electron chi connectivity index (χ0n) is 19.0. The molecule has 4 aromatic heterocycles. The minimum Gasteiger partial charge on any atom is -0.474 e. The molecule has 4 rings (SSSR count). The van der Waals surface area contributed by atoms with Crippen LogP contribution in [-0.2, 0) is 18.9 Å². The average molecular weight is 437 g/mol. The van der Waals surface area contributed by atoms with Crippen molar-refractivity contribution in [3.05, 3.63) is 34.9 Å². The summed E-state index contributed by atoms with van der Waals surface area (Å²) in [6, 6.07) is 3.63. The third-order valence-electron chi connectivity index (χ3n) is 5.66. The Balaban J connectivity index is 1.78. The van der Waals surface area contributed by atoms with Gasteiger partial charge < -0.3 is 14.5 Å². The first-order valence-electron chi connectivity index (χ1n) is 10.8. The minimum absolute atomic E-state index is 0.0966. The van der Waals surface area contributed by atoms with E-state index in [1.54, 1.807) is 35.6 Å². The smallest absolute Gasteiger partial charge is 0.259 e. The van der Waals surface area contributed by atoms with Crippen LogP contribution in [-0.4, -0.2) is 41.4 Å². The Morgan fingerprint density at radius 3 is 2.44 bits per heavy atom. The number of aryl methyl sites for hydroxylation is 2. The molecule has 0 radical (unpaired) electrons. The quantitative estimate of drug-likeness (QED) is 0.454. The molecule has 9 nitrogen and oxygen atoms in total. The highest BCUT2D eigenvalue weighted by molar-refractivity contribution is 5.88. The summed E-state index contributed by atoms with van der Waals surface area (Å²) in [5.41, 5.74) is 2.16. The lowest BCUT2D eigenvalue weighted by Gasteiger charge is -2.23. The molecule has 32 heavy (non-hydrogen) atoms. The van der Waals surface area contributed by atoms with Crippen LogP contribution in [0.2, 0.25) is 0 Å². The summed E-state index contributed by atoms with van der Waals surface area (Å²) in [6.07, 6.45) is 5.66. The fourth-order valence-corrected chi connectivity index (χ4v) is 4.14. The van der Waals surface area contributed by atoms with Crippen molar-refractivity contribution in [1.29, 1.82) is 0 Å². The van der Waals surface area contributed by atoms with Crippen molar-refractivity contribution in [2.75, 3.05) is 0 Å². The molecule has 9 heteroatoms. The number of aromatic nitrogens is 6. The van der Waals surface area contributed by atoms with Crippen LogP contribution >= 0.6 is 0 Å². The van der Waals surface area contributed by atoms with Crippen LogP contribution in [0.15, 0.2) is 29.3 Å². The van der Waals surface area contributed by atoms with Gasteiger partial charge in [-0.2, -0.15) is 10.2 Å². The molecule has 0 bridgehead atoms. The fourth-order valence-electron chi connectivity index (χ4n) is 4.14. The Morgan fingerprint density at radius 2 is 1.78 bits per heavy atom. The lowest BCUT2D eigenvalue weighted by molar-refractivity contribution is -0.118. The Hall–Kier alpha value is -3.49. The Labute approximate surface area is 185 Å². The average Bonchev–Trinajstić information content (AvgIpc) is 3.28. The van der Waals surface area contributed by atoms with Gasteiger partial charge in [0, 0.05) is 38.8 Å². The number of H-pyrrole nitrogens is 1. The van der Waals surface area contributed by atoms with Crippen molar-refractivity contribution >= 4 is 27.6 Å². The monoisotopic (exact) mass is 436 g/mol. The van der Waals surface area contributed by atoms with Crippen LogP contribution in [0.25, 0.3) is 33.2 Å². The zero-order chi connectivity index (χ0) is 23.0. The first kappa shape index (κ1) is 21.7. The standard InChI is InChI=1S/C23H28N6O3/c1-6-7-15(8-13(2)30)14(3)32-23-17-12-29(5)27-19(17)10-21(25-23)20-9-18-16(22(31)24-20)11-28(4)26-18/h9-12,14-15H,6-8H2,1-5H3,(H,24,31)/t14-,15+/m1/s1. The van der Waals surface area contributed by atoms with Gasteiger partial charge in [0.15, 0.2) is 0 Å². The van der Waals surface area contributed by atoms with E-state index in [0.29, 0.717) is 40.1 Å². The molecule has 0 fully saturated rings. The normalized spacial score (nSPS) is 13.5. The third-order valence-corrected chi connectivity index (χ3v) is 5.66. The lowest BCUT2D eigenvalue weighted by atomic mass is 9.93. The molecule has 0 amide bonds. The highest BCUT2D eigenvalue weighted by atomic mass is 16.5. The van der Waals surface area contributed by atoms with Crippen LogP contribution in [0, 0.1) is 5.92 Å². The molecule has 168 valence electrons. The molecule has 0 spiro atoms. The number of aromatic amines is 1. The van der Waals surface area contributed by atoms with Gasteiger partial charge >= 0.3 is 0 Å². The summed E-state index contributed by atoms with van der Waals surface area (Å²) in [4.78, 5) is 31.9. The van der Waals surface area contributed by atoms with E-state index in [0.717, 1.165) is 18.2 Å². The van der Waals surface area contributed by atoms with E-state index in [4.69, 9.17) is 9.72 Å². The highest BCUT2D eigenvalue weighted by Crippen LogP contribution is 2.30. The molecule has 2 atom stereocenters. The van der Waals surface area contributed by atoms with Crippen LogP contribution in [0.5, 0.6) is 5.88 Å². The maximum atomic E-state index is 12.6. The van der Waals surface area contributed by atoms with Gasteiger partial charge in [0.1, 0.15) is 11.9 Å². The van der Waals surface area contributed by atoms with Gasteiger partial charge in [0.2, 0.25) is 5.88 Å². The summed E-state index contributed by atoms with van der Waals surface area (Å²) in [6.45, 7) is 5.68. The number of fused-ring (bicyclic) bond motifs is 2. The molecular weight excluding hydrogens is 408 g/mol. The van der Waals surface area contributed by atoms with Crippen molar-refractivity contribution in [3.63, 3.8) is 0 Å². The predicted octanol–water partition coefficient (Wildman–Crippen LogP) is 3.37. The first-order chi connectivity index (χ1) is 15.2. The molecule has 0 saturated heterocycles. The van der Waals surface area contributed by atoms with E-state index in [2.05, 4.69) is 22.1 Å². The van der Waals surface area contributed by atoms with E-state index >= 15 is 0 Å². The second-order valence-electron chi connectivity index (χ2n) is 8.44. The minimum atomic E-state index is -0.228. The van der Waals surface area contributed by atoms with Crippen molar-refractivity contribution < 1.29 is 9.53 Å². The van der Waals surface area contributed by atoms with Gasteiger partial charge in [-0.1, -0.05) is 13.3 Å². The molecule has 0 saturated carbocycles. The molecule has 1 N–H and O–H groups in total. The lowest BCUT2D eigenvalue weighted by Crippen LogP contribution is -2.26. The summed E-state index contributed by atoms with van der Waals surface area (Å²) in [7, 11) is 3.61. The van der Waals surface area contributed by atoms with Gasteiger partial charge in [0.05, 0.1) is 33.2 Å². The van der Waals surface area contributed by atoms with Crippen molar-refractivity contribution in [3.8, 4) is 17.3 Å². The Bertz CT molecular complexity index is 1350. The largest absolute Gasteiger partial charge is 0.474 e. The molecule has 4 heterocycles. The van der Waals surface area contributed by atoms with Crippen LogP contribution in [0.1, 0.15) is 40.0 Å². The number of hydrogen-bond donors (Lipinski definition) is 1. The van der Waals surface area contributed by atoms with Gasteiger partial charge in [0.25, 0.3) is 5.56 Å². The molecule has 0 aliphatic rings. The summed E-state index contributed by atoms with van der Waals surface area (Å²) >= 11 is 0. The number of Topliss-reactive ketones (excluding diaryl/α,β-unsaturated/α-hetero) is 1. The molecule has 0 aliphatic heterocycles. The molecule has 4 aromatic rings. The molecule has 0 aliphatic carbocycles. The van der Waals surface area contributed by atoms with Crippen molar-refractivity contribution in [1.82, 2.24) is 29.5 Å². The van der Waals surface area contributed by atoms with Crippen LogP contribution in [0.3, 0.4) is 0 Å². The number of ether oxygens (including phenoxy) is 1. The van der Waals surface area contributed by atoms with E-state index < -0.39 is 0 Å². The van der Waals surface area contributed by atoms with E-state index in [-0.39, 0.29) is 23.4 Å². The second kappa shape index (κ2) is 8.57. The highest BCUT2D eigenvalue weighted by Gasteiger charge is 2.23. The Morgan fingerprint density at radius 1 is 1.12 bits per heavy atom. The fraction of sp³-hybridized carbons (Fsp3) is 0.435. The number of carbonyl (C=O) groups excluding carboxylic acids is 1. The molecule has 0 unspecified atom stereocenters. The van der Waals surface area contributed by atoms with Crippen molar-refractivity contribution in [2.24, 2.45) is 20.0 Å². The van der Waals surface area contributed by atoms with E-state index in [1.165, 1.54) is 0 Å². The topological polar surface area (TPSA) is 108 Å². The first-order valence-corrected chi connectivity index (χ1v) is 10.8. The third kappa shape index (κ3) is 4.28. The van der Waals surface area contributed by atoms with Crippen LogP contribution < -0.4 is 10.3 Å². The SMILES string of the molecule is CCC[C@@H](CC(C)=O)[C@@H](C)Oc1nc(-c2cc3nn(C)cc3c(=O)[nH]2)cc2nn(C)cc12. The van der Waals surface area contributed by atoms with Gasteiger partial charge in [-0.25, -0.2) is 4.98 Å². The van der Waals surface area contributed by atoms with E-state index in [1.807, 2.05) is 26.2 Å². The number of carbonyl (C=O) groups is 1. The number of ketones is 1. The molecule has 0 aromatic carbocycles. The summed E-state index contributed by atoms with van der Waals surface area (Å²) < 4.78 is 9.63. The maximum absolute atomic E-state index is 12.6. The molecular formula is C23H28N6O3. The number of hydrogen-bond acceptors (Lipinski definition) is 6. The predicted molar refractivity (Wildman–Crippen MR) is 123 cm³/mol. The van der Waals surface area contributed by atoms with Gasteiger partial charge in [-0.15, -0.1) is 0 Å². The van der Waals surface area contributed by atoms with Gasteiger partial charge in [-0.05, 0) is 32.4 Å². The Kier molecular flexibility index (Phi) is 5.82. The number of nitrogens with zero attached hydrogens (tertiary/aromatic N) is 5. The van der Waals surface area contributed by atoms with Gasteiger partial charge in [-0.3, -0.25) is 14.2 Å². The van der Waals surface area contributed by atoms with Crippen LogP contribution in [0.4, 0.5) is 0 Å². The summed E-state index contributed by atoms with van der Waals surface area (Å²) in [5.74, 6) is 0.678. The second-order valence-corrected chi connectivity index (χ2v) is 8.44. The summed E-state index contributed by atoms with van der Waals surface area (Å²) in [5, 5.41) is 10.2. The maximum Gasteiger partial charge on any atom is 0.259 e. The number of nitrogens with one attached hydrogen (secondary N) is 1. The van der Waals surface area contributed by atoms with E-state index in [9.17, 15) is 9.59 Å². The number of pyridine rings is 2. The zero-order valence-corrected chi connectivity index (χ0v) is 19.0. The number of rotatable bonds is 8.